The van der Waals surface area contributed by atoms with Crippen molar-refractivity contribution in [2.24, 2.45) is 0 Å². The Hall–Kier alpha value is -2.92. The number of aromatic nitrogens is 2. The smallest absolute Gasteiger partial charge is 0.312 e. The summed E-state index contributed by atoms with van der Waals surface area (Å²) in [4.78, 5) is 43.4. The molecule has 2 fully saturated rings. The number of carbonyl (C=O) groups is 3. The minimum absolute atomic E-state index is 0.196. The maximum atomic E-state index is 13.4. The third-order valence-corrected chi connectivity index (χ3v) is 8.17. The minimum atomic E-state index is -0.470. The van der Waals surface area contributed by atoms with Gasteiger partial charge in [-0.3, -0.25) is 14.4 Å². The monoisotopic (exact) mass is 499 g/mol. The van der Waals surface area contributed by atoms with Gasteiger partial charge in [-0.15, -0.1) is 10.2 Å². The number of furan rings is 1. The van der Waals surface area contributed by atoms with Crippen LogP contribution in [0.3, 0.4) is 0 Å². The Morgan fingerprint density at radius 1 is 0.941 bits per heavy atom. The second kappa shape index (κ2) is 9.75. The summed E-state index contributed by atoms with van der Waals surface area (Å²) < 4.78 is 6.85. The number of nitrogens with zero attached hydrogens (tertiary/aromatic N) is 5. The van der Waals surface area contributed by atoms with Crippen molar-refractivity contribution < 1.29 is 18.8 Å². The molecule has 0 radical (unpaired) electrons. The van der Waals surface area contributed by atoms with Gasteiger partial charge in [0, 0.05) is 56.0 Å². The lowest BCUT2D eigenvalue weighted by Crippen LogP contribution is -2.54. The fourth-order valence-corrected chi connectivity index (χ4v) is 6.18. The van der Waals surface area contributed by atoms with E-state index in [-0.39, 0.29) is 5.91 Å². The molecular formula is C23H25N5O4S2. The van der Waals surface area contributed by atoms with E-state index >= 15 is 0 Å². The Morgan fingerprint density at radius 3 is 2.26 bits per heavy atom. The number of aryl methyl sites for hydroxylation is 1. The van der Waals surface area contributed by atoms with Crippen LogP contribution in [0.25, 0.3) is 11.0 Å². The van der Waals surface area contributed by atoms with Crippen molar-refractivity contribution in [2.75, 3.05) is 39.3 Å². The lowest BCUT2D eigenvalue weighted by atomic mass is 10.1. The highest BCUT2D eigenvalue weighted by Crippen LogP contribution is 2.33. The molecule has 4 heterocycles. The Labute approximate surface area is 205 Å². The summed E-state index contributed by atoms with van der Waals surface area (Å²) >= 11 is 3.05. The molecule has 0 unspecified atom stereocenters. The van der Waals surface area contributed by atoms with Crippen LogP contribution in [-0.4, -0.2) is 81.9 Å². The zero-order valence-electron chi connectivity index (χ0n) is 18.9. The van der Waals surface area contributed by atoms with Gasteiger partial charge in [-0.1, -0.05) is 41.3 Å². The van der Waals surface area contributed by atoms with Crippen LogP contribution in [0.1, 0.15) is 34.0 Å². The summed E-state index contributed by atoms with van der Waals surface area (Å²) in [5.74, 6) is -0.237. The predicted octanol–water partition coefficient (Wildman–Crippen LogP) is 2.79. The van der Waals surface area contributed by atoms with Gasteiger partial charge in [-0.05, 0) is 25.8 Å². The quantitative estimate of drug-likeness (QED) is 0.402. The number of thioether (sulfide) groups is 1. The van der Waals surface area contributed by atoms with Gasteiger partial charge in [0.2, 0.25) is 0 Å². The SMILES string of the molecule is Cc1nnc(SCc2c(C(=O)N3CCN(C(=O)C(=O)N4CCCC4)CC3)oc3ccccc23)s1. The van der Waals surface area contributed by atoms with E-state index in [2.05, 4.69) is 10.2 Å². The van der Waals surface area contributed by atoms with Gasteiger partial charge in [0.1, 0.15) is 10.6 Å². The summed E-state index contributed by atoms with van der Waals surface area (Å²) in [5, 5.41) is 10.0. The van der Waals surface area contributed by atoms with Gasteiger partial charge in [0.05, 0.1) is 0 Å². The molecule has 0 N–H and O–H groups in total. The number of benzene rings is 1. The Bertz CT molecular complexity index is 1230. The first-order valence-corrected chi connectivity index (χ1v) is 13.1. The van der Waals surface area contributed by atoms with Gasteiger partial charge >= 0.3 is 11.8 Å². The van der Waals surface area contributed by atoms with Gasteiger partial charge in [-0.2, -0.15) is 0 Å². The molecule has 0 atom stereocenters. The molecule has 2 saturated heterocycles. The highest BCUT2D eigenvalue weighted by atomic mass is 32.2. The third-order valence-electron chi connectivity index (χ3n) is 6.17. The van der Waals surface area contributed by atoms with Crippen molar-refractivity contribution in [1.29, 1.82) is 0 Å². The van der Waals surface area contributed by atoms with Gasteiger partial charge in [0.25, 0.3) is 5.91 Å². The number of amides is 3. The average Bonchev–Trinajstić information content (AvgIpc) is 3.61. The molecule has 2 aromatic heterocycles. The van der Waals surface area contributed by atoms with Crippen molar-refractivity contribution in [3.05, 3.63) is 40.6 Å². The standard InChI is InChI=1S/C23H25N5O4S2/c1-15-24-25-23(34-15)33-14-17-16-6-2-3-7-18(16)32-19(17)20(29)27-10-12-28(13-11-27)22(31)21(30)26-8-4-5-9-26/h2-3,6-7H,4-5,8-14H2,1H3. The van der Waals surface area contributed by atoms with Crippen LogP contribution in [0, 0.1) is 6.92 Å². The molecule has 2 aliphatic rings. The third kappa shape index (κ3) is 4.54. The number of hydrogen-bond acceptors (Lipinski definition) is 8. The van der Waals surface area contributed by atoms with E-state index in [9.17, 15) is 14.4 Å². The number of likely N-dealkylation sites (tertiary alicyclic amines) is 1. The molecular weight excluding hydrogens is 474 g/mol. The van der Waals surface area contributed by atoms with Crippen LogP contribution < -0.4 is 0 Å². The van der Waals surface area contributed by atoms with Gasteiger partial charge in [-0.25, -0.2) is 0 Å². The van der Waals surface area contributed by atoms with Crippen molar-refractivity contribution in [2.45, 2.75) is 29.9 Å². The summed E-state index contributed by atoms with van der Waals surface area (Å²) in [6, 6.07) is 7.62. The molecule has 3 aromatic rings. The van der Waals surface area contributed by atoms with E-state index in [4.69, 9.17) is 4.42 Å². The Morgan fingerprint density at radius 2 is 1.59 bits per heavy atom. The highest BCUT2D eigenvalue weighted by Gasteiger charge is 2.33. The first-order valence-electron chi connectivity index (χ1n) is 11.3. The van der Waals surface area contributed by atoms with Gasteiger partial charge < -0.3 is 19.1 Å². The number of carbonyl (C=O) groups excluding carboxylic acids is 3. The van der Waals surface area contributed by atoms with E-state index in [1.807, 2.05) is 31.2 Å². The van der Waals surface area contributed by atoms with Crippen LogP contribution in [0.5, 0.6) is 0 Å². The van der Waals surface area contributed by atoms with Crippen molar-refractivity contribution in [3.8, 4) is 0 Å². The molecule has 5 rings (SSSR count). The average molecular weight is 500 g/mol. The minimum Gasteiger partial charge on any atom is -0.451 e. The van der Waals surface area contributed by atoms with E-state index in [0.29, 0.717) is 56.4 Å². The lowest BCUT2D eigenvalue weighted by Gasteiger charge is -2.34. The second-order valence-electron chi connectivity index (χ2n) is 8.37. The largest absolute Gasteiger partial charge is 0.451 e. The van der Waals surface area contributed by atoms with Crippen LogP contribution >= 0.6 is 23.1 Å². The molecule has 11 heteroatoms. The first-order chi connectivity index (χ1) is 16.5. The number of rotatable bonds is 4. The number of para-hydroxylation sites is 1. The molecule has 34 heavy (non-hydrogen) atoms. The number of hydrogen-bond donors (Lipinski definition) is 0. The van der Waals surface area contributed by atoms with E-state index in [1.165, 1.54) is 23.1 Å². The maximum Gasteiger partial charge on any atom is 0.312 e. The van der Waals surface area contributed by atoms with Crippen molar-refractivity contribution in [1.82, 2.24) is 24.9 Å². The molecule has 3 amide bonds. The molecule has 0 spiro atoms. The fourth-order valence-electron chi connectivity index (χ4n) is 4.33. The fraction of sp³-hybridized carbons (Fsp3) is 0.435. The Kier molecular flexibility index (Phi) is 6.55. The lowest BCUT2D eigenvalue weighted by molar-refractivity contribution is -0.152. The molecule has 0 aliphatic carbocycles. The number of fused-ring (bicyclic) bond motifs is 1. The zero-order valence-corrected chi connectivity index (χ0v) is 20.5. The van der Waals surface area contributed by atoms with E-state index < -0.39 is 11.8 Å². The molecule has 2 aliphatic heterocycles. The summed E-state index contributed by atoms with van der Waals surface area (Å²) in [6.45, 7) is 4.58. The normalized spacial score (nSPS) is 16.4. The van der Waals surface area contributed by atoms with E-state index in [1.54, 1.807) is 14.7 Å². The van der Waals surface area contributed by atoms with E-state index in [0.717, 1.165) is 33.1 Å². The van der Waals surface area contributed by atoms with Crippen LogP contribution in [-0.2, 0) is 15.3 Å². The highest BCUT2D eigenvalue weighted by molar-refractivity contribution is 8.00. The van der Waals surface area contributed by atoms with Crippen LogP contribution in [0.4, 0.5) is 0 Å². The van der Waals surface area contributed by atoms with Crippen LogP contribution in [0.15, 0.2) is 33.0 Å². The van der Waals surface area contributed by atoms with Crippen LogP contribution in [0.2, 0.25) is 0 Å². The topological polar surface area (TPSA) is 99.8 Å². The van der Waals surface area contributed by atoms with Crippen molar-refractivity contribution in [3.63, 3.8) is 0 Å². The van der Waals surface area contributed by atoms with Gasteiger partial charge in [0.15, 0.2) is 10.1 Å². The molecule has 0 saturated carbocycles. The summed E-state index contributed by atoms with van der Waals surface area (Å²) in [5.41, 5.74) is 1.50. The zero-order chi connectivity index (χ0) is 23.7. The summed E-state index contributed by atoms with van der Waals surface area (Å²) in [7, 11) is 0. The summed E-state index contributed by atoms with van der Waals surface area (Å²) in [6.07, 6.45) is 1.89. The molecule has 0 bridgehead atoms. The first kappa shape index (κ1) is 22.9. The predicted molar refractivity (Wildman–Crippen MR) is 129 cm³/mol. The number of piperazine rings is 1. The Balaban J connectivity index is 1.29. The molecule has 9 nitrogen and oxygen atoms in total. The second-order valence-corrected chi connectivity index (χ2v) is 10.8. The maximum absolute atomic E-state index is 13.4. The molecule has 1 aromatic carbocycles. The molecule has 178 valence electrons. The van der Waals surface area contributed by atoms with Crippen molar-refractivity contribution >= 4 is 51.8 Å².